The Labute approximate surface area is 201 Å². The fourth-order valence-corrected chi connectivity index (χ4v) is 6.74. The number of aliphatic hydroxyl groups excluding tert-OH is 1. The molecule has 2 N–H and O–H groups in total. The van der Waals surface area contributed by atoms with Crippen LogP contribution in [0, 0.1) is 11.8 Å². The Morgan fingerprint density at radius 3 is 2.67 bits per heavy atom. The van der Waals surface area contributed by atoms with E-state index in [0.717, 1.165) is 5.56 Å². The standard InChI is InChI=1S/C24H29BrN2O6/c1-3-10-26(12-14-8-6-5-7-9-14)22(30)20-24-11-16(25)19(33-24)17(23(31)32)18(24)21(29)27(20)15(4-2)13-28/h3,5-9,15-20,28H,1,4,10-13H2,2H3,(H,31,32)/t15-,16?,17-,18-,19-,20?,24?/m0/s1. The highest BCUT2D eigenvalue weighted by Crippen LogP contribution is 2.60. The zero-order chi connectivity index (χ0) is 23.9. The quantitative estimate of drug-likeness (QED) is 0.379. The molecular formula is C24H29BrN2O6. The summed E-state index contributed by atoms with van der Waals surface area (Å²) in [4.78, 5) is 42.7. The first kappa shape index (κ1) is 23.9. The summed E-state index contributed by atoms with van der Waals surface area (Å²) >= 11 is 3.54. The molecule has 2 amide bonds. The Bertz CT molecular complexity index is 938. The van der Waals surface area contributed by atoms with Gasteiger partial charge in [0.05, 0.1) is 30.6 Å². The molecule has 178 valence electrons. The summed E-state index contributed by atoms with van der Waals surface area (Å²) in [7, 11) is 0. The molecule has 3 fully saturated rings. The molecule has 4 rings (SSSR count). The van der Waals surface area contributed by atoms with Crippen LogP contribution >= 0.6 is 15.9 Å². The number of carboxylic acids is 1. The zero-order valence-corrected chi connectivity index (χ0v) is 20.1. The SMILES string of the molecule is C=CCN(Cc1ccccc1)C(=O)C1N([C@@H](CC)CO)C(=O)[C@@H]2[C@H](C(=O)O)[C@H]3OC12CC3Br. The first-order valence-electron chi connectivity index (χ1n) is 11.2. The number of likely N-dealkylation sites (tertiary alicyclic amines) is 1. The van der Waals surface area contributed by atoms with E-state index >= 15 is 0 Å². The van der Waals surface area contributed by atoms with Crippen molar-refractivity contribution in [2.45, 2.75) is 54.9 Å². The van der Waals surface area contributed by atoms with E-state index in [1.54, 1.807) is 11.0 Å². The molecular weight excluding hydrogens is 492 g/mol. The number of carboxylic acid groups (broad SMARTS) is 1. The van der Waals surface area contributed by atoms with E-state index in [0.29, 0.717) is 19.4 Å². The largest absolute Gasteiger partial charge is 0.481 e. The Morgan fingerprint density at radius 2 is 2.09 bits per heavy atom. The molecule has 9 heteroatoms. The highest BCUT2D eigenvalue weighted by atomic mass is 79.9. The molecule has 0 aliphatic carbocycles. The lowest BCUT2D eigenvalue weighted by atomic mass is 9.70. The van der Waals surface area contributed by atoms with E-state index in [9.17, 15) is 24.6 Å². The van der Waals surface area contributed by atoms with Crippen LogP contribution in [0.3, 0.4) is 0 Å². The lowest BCUT2D eigenvalue weighted by molar-refractivity contribution is -0.153. The van der Waals surface area contributed by atoms with Gasteiger partial charge in [-0.15, -0.1) is 6.58 Å². The van der Waals surface area contributed by atoms with Crippen molar-refractivity contribution in [3.8, 4) is 0 Å². The van der Waals surface area contributed by atoms with Crippen molar-refractivity contribution < 1.29 is 29.3 Å². The predicted octanol–water partition coefficient (Wildman–Crippen LogP) is 1.80. The number of nitrogens with zero attached hydrogens (tertiary/aromatic N) is 2. The van der Waals surface area contributed by atoms with Crippen molar-refractivity contribution in [2.24, 2.45) is 11.8 Å². The van der Waals surface area contributed by atoms with Gasteiger partial charge in [0, 0.05) is 17.9 Å². The van der Waals surface area contributed by atoms with E-state index in [-0.39, 0.29) is 23.9 Å². The summed E-state index contributed by atoms with van der Waals surface area (Å²) in [6.07, 6.45) is 1.71. The maximum atomic E-state index is 14.1. The van der Waals surface area contributed by atoms with Gasteiger partial charge in [-0.1, -0.05) is 59.3 Å². The monoisotopic (exact) mass is 520 g/mol. The third kappa shape index (κ3) is 3.70. The summed E-state index contributed by atoms with van der Waals surface area (Å²) in [5, 5.41) is 20.0. The van der Waals surface area contributed by atoms with Gasteiger partial charge in [-0.3, -0.25) is 14.4 Å². The molecule has 3 saturated heterocycles. The second-order valence-electron chi connectivity index (χ2n) is 8.98. The highest BCUT2D eigenvalue weighted by molar-refractivity contribution is 9.09. The molecule has 3 unspecified atom stereocenters. The molecule has 3 aliphatic rings. The molecule has 8 nitrogen and oxygen atoms in total. The minimum absolute atomic E-state index is 0.256. The number of fused-ring (bicyclic) bond motifs is 1. The van der Waals surface area contributed by atoms with E-state index in [4.69, 9.17) is 4.74 Å². The predicted molar refractivity (Wildman–Crippen MR) is 123 cm³/mol. The smallest absolute Gasteiger partial charge is 0.310 e. The second kappa shape index (κ2) is 9.19. The number of ether oxygens (including phenoxy) is 1. The van der Waals surface area contributed by atoms with Gasteiger partial charge in [-0.2, -0.15) is 0 Å². The van der Waals surface area contributed by atoms with Crippen LogP contribution in [0.5, 0.6) is 0 Å². The molecule has 1 spiro atoms. The Morgan fingerprint density at radius 1 is 1.39 bits per heavy atom. The Kier molecular flexibility index (Phi) is 6.66. The summed E-state index contributed by atoms with van der Waals surface area (Å²) < 4.78 is 6.28. The van der Waals surface area contributed by atoms with Crippen molar-refractivity contribution in [1.82, 2.24) is 9.80 Å². The van der Waals surface area contributed by atoms with Crippen molar-refractivity contribution >= 4 is 33.7 Å². The van der Waals surface area contributed by atoms with Crippen LogP contribution in [0.25, 0.3) is 0 Å². The van der Waals surface area contributed by atoms with Crippen LogP contribution < -0.4 is 0 Å². The van der Waals surface area contributed by atoms with Crippen LogP contribution in [-0.4, -0.2) is 79.6 Å². The van der Waals surface area contributed by atoms with Crippen LogP contribution in [0.4, 0.5) is 0 Å². The summed E-state index contributed by atoms with van der Waals surface area (Å²) in [5.74, 6) is -3.88. The van der Waals surface area contributed by atoms with Crippen LogP contribution in [-0.2, 0) is 25.7 Å². The molecule has 1 aromatic rings. The average Bonchev–Trinajstić information content (AvgIpc) is 3.39. The molecule has 3 aliphatic heterocycles. The van der Waals surface area contributed by atoms with Crippen LogP contribution in [0.1, 0.15) is 25.3 Å². The summed E-state index contributed by atoms with van der Waals surface area (Å²) in [5.41, 5.74) is -0.334. The highest BCUT2D eigenvalue weighted by Gasteiger charge is 2.77. The topological polar surface area (TPSA) is 107 Å². The number of hydrogen-bond acceptors (Lipinski definition) is 5. The first-order chi connectivity index (χ1) is 15.8. The van der Waals surface area contributed by atoms with E-state index in [1.807, 2.05) is 37.3 Å². The molecule has 1 aromatic carbocycles. The summed E-state index contributed by atoms with van der Waals surface area (Å²) in [6, 6.07) is 7.86. The number of benzene rings is 1. The van der Waals surface area contributed by atoms with Crippen molar-refractivity contribution in [3.05, 3.63) is 48.6 Å². The third-order valence-corrected chi connectivity index (χ3v) is 8.04. The van der Waals surface area contributed by atoms with Crippen molar-refractivity contribution in [3.63, 3.8) is 0 Å². The molecule has 2 bridgehead atoms. The van der Waals surface area contributed by atoms with Gasteiger partial charge in [0.15, 0.2) is 0 Å². The van der Waals surface area contributed by atoms with Gasteiger partial charge in [0.1, 0.15) is 11.6 Å². The third-order valence-electron chi connectivity index (χ3n) is 7.20. The minimum atomic E-state index is -1.26. The molecule has 3 heterocycles. The van der Waals surface area contributed by atoms with Gasteiger partial charge in [0.25, 0.3) is 0 Å². The number of halogens is 1. The molecule has 7 atom stereocenters. The van der Waals surface area contributed by atoms with E-state index in [1.165, 1.54) is 4.90 Å². The summed E-state index contributed by atoms with van der Waals surface area (Å²) in [6.45, 7) is 5.85. The number of alkyl halides is 1. The van der Waals surface area contributed by atoms with Gasteiger partial charge in [-0.25, -0.2) is 0 Å². The zero-order valence-electron chi connectivity index (χ0n) is 18.5. The van der Waals surface area contributed by atoms with Crippen molar-refractivity contribution in [2.75, 3.05) is 13.2 Å². The van der Waals surface area contributed by atoms with Gasteiger partial charge < -0.3 is 24.7 Å². The lowest BCUT2D eigenvalue weighted by Gasteiger charge is -2.39. The number of aliphatic hydroxyl groups is 1. The number of carbonyl (C=O) groups excluding carboxylic acids is 2. The normalized spacial score (nSPS) is 33.1. The fraction of sp³-hybridized carbons (Fsp3) is 0.542. The lowest BCUT2D eigenvalue weighted by Crippen LogP contribution is -2.58. The Hall–Kier alpha value is -2.23. The Balaban J connectivity index is 1.78. The molecule has 0 aromatic heterocycles. The number of aliphatic carboxylic acids is 1. The van der Waals surface area contributed by atoms with Gasteiger partial charge in [0.2, 0.25) is 11.8 Å². The molecule has 33 heavy (non-hydrogen) atoms. The van der Waals surface area contributed by atoms with Crippen molar-refractivity contribution in [1.29, 1.82) is 0 Å². The van der Waals surface area contributed by atoms with Crippen LogP contribution in [0.15, 0.2) is 43.0 Å². The van der Waals surface area contributed by atoms with Crippen LogP contribution in [0.2, 0.25) is 0 Å². The molecule has 0 radical (unpaired) electrons. The number of rotatable bonds is 9. The fourth-order valence-electron chi connectivity index (χ4n) is 5.80. The number of amides is 2. The van der Waals surface area contributed by atoms with E-state index in [2.05, 4.69) is 22.5 Å². The number of hydrogen-bond donors (Lipinski definition) is 2. The van der Waals surface area contributed by atoms with Gasteiger partial charge >= 0.3 is 5.97 Å². The number of carbonyl (C=O) groups is 3. The second-order valence-corrected chi connectivity index (χ2v) is 10.2. The molecule has 0 saturated carbocycles. The minimum Gasteiger partial charge on any atom is -0.481 e. The average molecular weight is 521 g/mol. The maximum absolute atomic E-state index is 14.1. The van der Waals surface area contributed by atoms with Gasteiger partial charge in [-0.05, 0) is 18.4 Å². The van der Waals surface area contributed by atoms with E-state index < -0.39 is 47.5 Å². The first-order valence-corrected chi connectivity index (χ1v) is 12.1. The maximum Gasteiger partial charge on any atom is 0.310 e.